The van der Waals surface area contributed by atoms with Crippen LogP contribution in [0.1, 0.15) is 32.6 Å². The van der Waals surface area contributed by atoms with E-state index >= 15 is 0 Å². The minimum atomic E-state index is 0.475. The van der Waals surface area contributed by atoms with Crippen LogP contribution in [0.15, 0.2) is 12.1 Å². The first-order chi connectivity index (χ1) is 8.06. The highest BCUT2D eigenvalue weighted by Gasteiger charge is 2.41. The first kappa shape index (κ1) is 12.8. The zero-order valence-electron chi connectivity index (χ0n) is 10.0. The van der Waals surface area contributed by atoms with Gasteiger partial charge in [-0.1, -0.05) is 36.5 Å². The number of benzene rings is 1. The second-order valence-electron chi connectivity index (χ2n) is 4.96. The van der Waals surface area contributed by atoms with Crippen LogP contribution in [0.3, 0.4) is 0 Å². The second-order valence-corrected chi connectivity index (χ2v) is 5.78. The molecule has 1 aromatic rings. The van der Waals surface area contributed by atoms with Crippen molar-refractivity contribution >= 4 is 34.6 Å². The number of nitrogens with two attached hydrogens (primary N) is 1. The van der Waals surface area contributed by atoms with Gasteiger partial charge in [0, 0.05) is 12.2 Å². The average molecular weight is 273 g/mol. The van der Waals surface area contributed by atoms with E-state index in [1.807, 2.05) is 0 Å². The van der Waals surface area contributed by atoms with Crippen molar-refractivity contribution in [2.45, 2.75) is 32.6 Å². The van der Waals surface area contributed by atoms with Crippen molar-refractivity contribution in [3.8, 4) is 0 Å². The summed E-state index contributed by atoms with van der Waals surface area (Å²) in [7, 11) is 0. The number of hydrogen-bond acceptors (Lipinski definition) is 2. The van der Waals surface area contributed by atoms with Crippen LogP contribution in [0, 0.1) is 5.41 Å². The Bertz CT molecular complexity index is 391. The Kier molecular flexibility index (Phi) is 3.74. The van der Waals surface area contributed by atoms with Crippen LogP contribution in [0.25, 0.3) is 0 Å². The van der Waals surface area contributed by atoms with Crippen molar-refractivity contribution in [1.29, 1.82) is 0 Å². The first-order valence-corrected chi connectivity index (χ1v) is 6.80. The molecule has 3 N–H and O–H groups in total. The molecule has 1 fully saturated rings. The van der Waals surface area contributed by atoms with Crippen LogP contribution in [0.5, 0.6) is 0 Å². The smallest absolute Gasteiger partial charge is 0.0720 e. The van der Waals surface area contributed by atoms with Gasteiger partial charge in [0.15, 0.2) is 0 Å². The lowest BCUT2D eigenvalue weighted by atomic mass is 10.0. The molecule has 0 aromatic heterocycles. The van der Waals surface area contributed by atoms with Gasteiger partial charge in [-0.25, -0.2) is 0 Å². The standard InChI is InChI=1S/C13H18Cl2N2/c1-2-3-13(4-5-13)8-17-12-10(14)6-9(16)7-11(12)15/h6-7,17H,2-5,8,16H2,1H3. The topological polar surface area (TPSA) is 38.0 Å². The van der Waals surface area contributed by atoms with E-state index in [0.29, 0.717) is 21.1 Å². The van der Waals surface area contributed by atoms with Gasteiger partial charge in [0.1, 0.15) is 0 Å². The van der Waals surface area contributed by atoms with E-state index < -0.39 is 0 Å². The maximum atomic E-state index is 6.13. The summed E-state index contributed by atoms with van der Waals surface area (Å²) in [5, 5.41) is 4.58. The van der Waals surface area contributed by atoms with Crippen molar-refractivity contribution in [2.24, 2.45) is 5.41 Å². The fourth-order valence-electron chi connectivity index (χ4n) is 2.26. The third-order valence-corrected chi connectivity index (χ3v) is 4.04. The summed E-state index contributed by atoms with van der Waals surface area (Å²) in [4.78, 5) is 0. The minimum absolute atomic E-state index is 0.475. The molecule has 0 aliphatic heterocycles. The SMILES string of the molecule is CCCC1(CNc2c(Cl)cc(N)cc2Cl)CC1. The van der Waals surface area contributed by atoms with Crippen LogP contribution < -0.4 is 11.1 Å². The number of hydrogen-bond donors (Lipinski definition) is 2. The summed E-state index contributed by atoms with van der Waals surface area (Å²) < 4.78 is 0. The lowest BCUT2D eigenvalue weighted by molar-refractivity contribution is 0.486. The van der Waals surface area contributed by atoms with E-state index in [1.165, 1.54) is 25.7 Å². The van der Waals surface area contributed by atoms with Crippen LogP contribution in [0.4, 0.5) is 11.4 Å². The molecule has 2 rings (SSSR count). The van der Waals surface area contributed by atoms with E-state index in [0.717, 1.165) is 12.2 Å². The highest BCUT2D eigenvalue weighted by molar-refractivity contribution is 6.39. The number of halogens is 2. The summed E-state index contributed by atoms with van der Waals surface area (Å²) >= 11 is 12.3. The predicted molar refractivity (Wildman–Crippen MR) is 75.9 cm³/mol. The summed E-state index contributed by atoms with van der Waals surface area (Å²) in [6.45, 7) is 3.17. The Balaban J connectivity index is 2.04. The highest BCUT2D eigenvalue weighted by Crippen LogP contribution is 2.50. The van der Waals surface area contributed by atoms with E-state index in [9.17, 15) is 0 Å². The first-order valence-electron chi connectivity index (χ1n) is 6.05. The van der Waals surface area contributed by atoms with Crippen LogP contribution in [0.2, 0.25) is 10.0 Å². The van der Waals surface area contributed by atoms with Gasteiger partial charge in [0.25, 0.3) is 0 Å². The molecule has 0 atom stereocenters. The maximum absolute atomic E-state index is 6.13. The largest absolute Gasteiger partial charge is 0.399 e. The maximum Gasteiger partial charge on any atom is 0.0720 e. The van der Waals surface area contributed by atoms with Gasteiger partial charge in [-0.05, 0) is 36.8 Å². The second kappa shape index (κ2) is 4.95. The lowest BCUT2D eigenvalue weighted by Crippen LogP contribution is -2.15. The quantitative estimate of drug-likeness (QED) is 0.771. The molecule has 1 aliphatic carbocycles. The van der Waals surface area contributed by atoms with Crippen molar-refractivity contribution in [3.63, 3.8) is 0 Å². The molecular weight excluding hydrogens is 255 g/mol. The van der Waals surface area contributed by atoms with Crippen molar-refractivity contribution in [3.05, 3.63) is 22.2 Å². The van der Waals surface area contributed by atoms with E-state index in [2.05, 4.69) is 12.2 Å². The lowest BCUT2D eigenvalue weighted by Gasteiger charge is -2.17. The molecular formula is C13H18Cl2N2. The number of anilines is 2. The summed E-state index contributed by atoms with van der Waals surface area (Å²) in [6.07, 6.45) is 5.10. The Labute approximate surface area is 112 Å². The van der Waals surface area contributed by atoms with Crippen LogP contribution in [-0.4, -0.2) is 6.54 Å². The Morgan fingerprint density at radius 1 is 1.29 bits per heavy atom. The number of nitrogens with one attached hydrogen (secondary N) is 1. The average Bonchev–Trinajstić information content (AvgIpc) is 2.97. The van der Waals surface area contributed by atoms with E-state index in [1.54, 1.807) is 12.1 Å². The molecule has 0 radical (unpaired) electrons. The normalized spacial score (nSPS) is 16.9. The monoisotopic (exact) mass is 272 g/mol. The molecule has 4 heteroatoms. The van der Waals surface area contributed by atoms with Gasteiger partial charge >= 0.3 is 0 Å². The molecule has 94 valence electrons. The van der Waals surface area contributed by atoms with Crippen LogP contribution >= 0.6 is 23.2 Å². The van der Waals surface area contributed by atoms with E-state index in [-0.39, 0.29) is 0 Å². The Morgan fingerprint density at radius 3 is 2.35 bits per heavy atom. The summed E-state index contributed by atoms with van der Waals surface area (Å²) in [5.41, 5.74) is 7.56. The highest BCUT2D eigenvalue weighted by atomic mass is 35.5. The zero-order chi connectivity index (χ0) is 12.5. The van der Waals surface area contributed by atoms with Gasteiger partial charge in [-0.15, -0.1) is 0 Å². The molecule has 0 unspecified atom stereocenters. The van der Waals surface area contributed by atoms with Crippen molar-refractivity contribution < 1.29 is 0 Å². The van der Waals surface area contributed by atoms with Gasteiger partial charge < -0.3 is 11.1 Å². The Morgan fingerprint density at radius 2 is 1.88 bits per heavy atom. The molecule has 2 nitrogen and oxygen atoms in total. The fraction of sp³-hybridized carbons (Fsp3) is 0.538. The van der Waals surface area contributed by atoms with E-state index in [4.69, 9.17) is 28.9 Å². The predicted octanol–water partition coefficient (Wildman–Crippen LogP) is 4.57. The van der Waals surface area contributed by atoms with Gasteiger partial charge in [-0.3, -0.25) is 0 Å². The fourth-order valence-corrected chi connectivity index (χ4v) is 2.90. The number of nitrogen functional groups attached to an aromatic ring is 1. The van der Waals surface area contributed by atoms with Crippen molar-refractivity contribution in [1.82, 2.24) is 0 Å². The molecule has 1 aliphatic rings. The number of rotatable bonds is 5. The third kappa shape index (κ3) is 2.99. The molecule has 17 heavy (non-hydrogen) atoms. The van der Waals surface area contributed by atoms with Gasteiger partial charge in [0.05, 0.1) is 15.7 Å². The molecule has 0 bridgehead atoms. The van der Waals surface area contributed by atoms with Crippen molar-refractivity contribution in [2.75, 3.05) is 17.6 Å². The molecule has 0 heterocycles. The van der Waals surface area contributed by atoms with Crippen LogP contribution in [-0.2, 0) is 0 Å². The molecule has 0 spiro atoms. The summed E-state index contributed by atoms with van der Waals surface area (Å²) in [6, 6.07) is 3.46. The molecule has 1 aromatic carbocycles. The molecule has 0 saturated heterocycles. The summed E-state index contributed by atoms with van der Waals surface area (Å²) in [5.74, 6) is 0. The third-order valence-electron chi connectivity index (χ3n) is 3.44. The Hall–Kier alpha value is -0.600. The zero-order valence-corrected chi connectivity index (χ0v) is 11.5. The molecule has 1 saturated carbocycles. The minimum Gasteiger partial charge on any atom is -0.399 e. The van der Waals surface area contributed by atoms with Gasteiger partial charge in [0.2, 0.25) is 0 Å². The van der Waals surface area contributed by atoms with Gasteiger partial charge in [-0.2, -0.15) is 0 Å². The molecule has 0 amide bonds.